The van der Waals surface area contributed by atoms with Crippen LogP contribution >= 0.6 is 24.0 Å². The van der Waals surface area contributed by atoms with Crippen molar-refractivity contribution in [1.29, 1.82) is 0 Å². The Morgan fingerprint density at radius 3 is 2.30 bits per heavy atom. The Morgan fingerprint density at radius 1 is 1.15 bits per heavy atom. The molecule has 1 saturated heterocycles. The van der Waals surface area contributed by atoms with Crippen LogP contribution in [0.2, 0.25) is 0 Å². The van der Waals surface area contributed by atoms with Gasteiger partial charge in [-0.05, 0) is 31.6 Å². The second kappa shape index (κ2) is 12.5. The molecule has 0 aliphatic carbocycles. The Balaban J connectivity index is 0.00000676. The topological polar surface area (TPSA) is 79.8 Å². The molecule has 0 unspecified atom stereocenters. The van der Waals surface area contributed by atoms with Crippen molar-refractivity contribution in [3.63, 3.8) is 0 Å². The lowest BCUT2D eigenvalue weighted by Gasteiger charge is -2.36. The van der Waals surface area contributed by atoms with Crippen LogP contribution in [0, 0.1) is 5.41 Å². The number of halogens is 1. The summed E-state index contributed by atoms with van der Waals surface area (Å²) in [6.07, 6.45) is 7.24. The second-order valence-electron chi connectivity index (χ2n) is 8.24. The quantitative estimate of drug-likeness (QED) is 0.201. The van der Waals surface area contributed by atoms with Crippen LogP contribution in [-0.4, -0.2) is 58.2 Å². The van der Waals surface area contributed by atoms with E-state index >= 15 is 0 Å². The summed E-state index contributed by atoms with van der Waals surface area (Å²) in [5.41, 5.74) is 0.144. The summed E-state index contributed by atoms with van der Waals surface area (Å²) in [5.74, 6) is 0.700. The van der Waals surface area contributed by atoms with Crippen molar-refractivity contribution < 1.29 is 13.2 Å². The molecule has 1 aliphatic rings. The zero-order chi connectivity index (χ0) is 19.7. The molecule has 1 rings (SSSR count). The molecule has 0 spiro atoms. The highest BCUT2D eigenvalue weighted by molar-refractivity contribution is 14.0. The zero-order valence-corrected chi connectivity index (χ0v) is 20.9. The van der Waals surface area contributed by atoms with Gasteiger partial charge >= 0.3 is 0 Å². The summed E-state index contributed by atoms with van der Waals surface area (Å²) >= 11 is 0. The molecule has 162 valence electrons. The zero-order valence-electron chi connectivity index (χ0n) is 17.8. The van der Waals surface area contributed by atoms with Crippen molar-refractivity contribution in [2.45, 2.75) is 71.0 Å². The molecule has 0 aromatic heterocycles. The molecule has 0 atom stereocenters. The molecule has 0 aromatic rings. The van der Waals surface area contributed by atoms with Crippen molar-refractivity contribution in [3.8, 4) is 0 Å². The minimum absolute atomic E-state index is 0. The van der Waals surface area contributed by atoms with E-state index in [0.29, 0.717) is 38.6 Å². The fourth-order valence-electron chi connectivity index (χ4n) is 3.23. The second-order valence-corrected chi connectivity index (χ2v) is 10.6. The minimum atomic E-state index is -3.18. The normalized spacial score (nSPS) is 17.9. The van der Waals surface area contributed by atoms with Gasteiger partial charge in [-0.25, -0.2) is 8.42 Å². The first-order valence-electron chi connectivity index (χ1n) is 9.95. The molecular weight excluding hydrogens is 477 g/mol. The van der Waals surface area contributed by atoms with E-state index in [1.807, 2.05) is 6.92 Å². The average Bonchev–Trinajstić information content (AvgIpc) is 2.57. The third-order valence-electron chi connectivity index (χ3n) is 5.24. The minimum Gasteiger partial charge on any atom is -0.381 e. The van der Waals surface area contributed by atoms with Crippen LogP contribution in [0.15, 0.2) is 4.99 Å². The first-order chi connectivity index (χ1) is 12.2. The van der Waals surface area contributed by atoms with Gasteiger partial charge in [0.2, 0.25) is 0 Å². The maximum atomic E-state index is 12.4. The monoisotopic (exact) mass is 517 g/mol. The predicted octanol–water partition coefficient (Wildman–Crippen LogP) is 3.36. The van der Waals surface area contributed by atoms with Gasteiger partial charge < -0.3 is 15.4 Å². The number of rotatable bonds is 10. The first kappa shape index (κ1) is 26.9. The van der Waals surface area contributed by atoms with Crippen molar-refractivity contribution in [1.82, 2.24) is 10.6 Å². The van der Waals surface area contributed by atoms with Gasteiger partial charge in [0.1, 0.15) is 0 Å². The number of hydrogen-bond acceptors (Lipinski definition) is 4. The smallest absolute Gasteiger partial charge is 0.191 e. The van der Waals surface area contributed by atoms with Gasteiger partial charge in [-0.3, -0.25) is 4.99 Å². The Bertz CT molecular complexity index is 544. The van der Waals surface area contributed by atoms with Crippen LogP contribution in [0.3, 0.4) is 0 Å². The lowest BCUT2D eigenvalue weighted by molar-refractivity contribution is 0.0756. The Hall–Kier alpha value is -0.0900. The van der Waals surface area contributed by atoms with E-state index in [-0.39, 0.29) is 29.4 Å². The summed E-state index contributed by atoms with van der Waals surface area (Å²) in [5, 5.41) is 6.53. The molecule has 0 radical (unpaired) electrons. The Morgan fingerprint density at radius 2 is 1.78 bits per heavy atom. The van der Waals surface area contributed by atoms with E-state index in [4.69, 9.17) is 9.73 Å². The summed E-state index contributed by atoms with van der Waals surface area (Å²) < 4.78 is 29.4. The molecule has 0 saturated carbocycles. The number of aliphatic imine (C=N–C) groups is 1. The van der Waals surface area contributed by atoms with E-state index in [1.54, 1.807) is 0 Å². The maximum absolute atomic E-state index is 12.4. The van der Waals surface area contributed by atoms with Gasteiger partial charge in [0.05, 0.1) is 4.75 Å². The molecule has 8 heteroatoms. The molecule has 1 heterocycles. The van der Waals surface area contributed by atoms with E-state index in [9.17, 15) is 8.42 Å². The van der Waals surface area contributed by atoms with E-state index in [1.165, 1.54) is 25.5 Å². The molecule has 0 bridgehead atoms. The standard InChI is InChI=1S/C19H39N3O3S.HI/c1-6-8-9-10-18(3,4)15-21-17(20-7-2)22-16-19(26(5,23)24)11-13-25-14-12-19;/h6-16H2,1-5H3,(H2,20,21,22);1H. The third kappa shape index (κ3) is 9.30. The predicted molar refractivity (Wildman–Crippen MR) is 125 cm³/mol. The van der Waals surface area contributed by atoms with E-state index in [0.717, 1.165) is 19.5 Å². The number of nitrogens with zero attached hydrogens (tertiary/aromatic N) is 1. The molecule has 0 amide bonds. The molecular formula is C19H40IN3O3S. The third-order valence-corrected chi connectivity index (χ3v) is 7.36. The first-order valence-corrected chi connectivity index (χ1v) is 11.8. The SMILES string of the molecule is CCCCCC(C)(C)CN=C(NCC)NCC1(S(C)(=O)=O)CCOCC1.I. The van der Waals surface area contributed by atoms with Crippen LogP contribution in [0.4, 0.5) is 0 Å². The van der Waals surface area contributed by atoms with Gasteiger partial charge in [0.25, 0.3) is 0 Å². The largest absolute Gasteiger partial charge is 0.381 e. The number of hydrogen-bond donors (Lipinski definition) is 2. The highest BCUT2D eigenvalue weighted by atomic mass is 127. The Kier molecular flexibility index (Phi) is 12.4. The maximum Gasteiger partial charge on any atom is 0.191 e. The van der Waals surface area contributed by atoms with Gasteiger partial charge in [-0.2, -0.15) is 0 Å². The molecule has 2 N–H and O–H groups in total. The van der Waals surface area contributed by atoms with E-state index < -0.39 is 14.6 Å². The van der Waals surface area contributed by atoms with Crippen LogP contribution < -0.4 is 10.6 Å². The fraction of sp³-hybridized carbons (Fsp3) is 0.947. The van der Waals surface area contributed by atoms with Crippen molar-refractivity contribution in [3.05, 3.63) is 0 Å². The van der Waals surface area contributed by atoms with Gasteiger partial charge in [-0.1, -0.05) is 40.0 Å². The highest BCUT2D eigenvalue weighted by Gasteiger charge is 2.42. The summed E-state index contributed by atoms with van der Waals surface area (Å²) in [7, 11) is -3.18. The van der Waals surface area contributed by atoms with Crippen molar-refractivity contribution in [2.75, 3.05) is 39.1 Å². The van der Waals surface area contributed by atoms with E-state index in [2.05, 4.69) is 31.4 Å². The number of nitrogens with one attached hydrogen (secondary N) is 2. The number of guanidine groups is 1. The fourth-order valence-corrected chi connectivity index (χ4v) is 4.48. The van der Waals surface area contributed by atoms with Gasteiger partial charge in [0, 0.05) is 39.1 Å². The van der Waals surface area contributed by atoms with Crippen molar-refractivity contribution >= 4 is 39.8 Å². The molecule has 0 aromatic carbocycles. The van der Waals surface area contributed by atoms with Crippen LogP contribution in [0.25, 0.3) is 0 Å². The van der Waals surface area contributed by atoms with Crippen LogP contribution in [0.1, 0.15) is 66.2 Å². The van der Waals surface area contributed by atoms with Gasteiger partial charge in [0.15, 0.2) is 15.8 Å². The number of unbranched alkanes of at least 4 members (excludes halogenated alkanes) is 2. The number of ether oxygens (including phenoxy) is 1. The molecule has 27 heavy (non-hydrogen) atoms. The Labute approximate surface area is 183 Å². The van der Waals surface area contributed by atoms with Crippen LogP contribution in [-0.2, 0) is 14.6 Å². The number of sulfone groups is 1. The molecule has 6 nitrogen and oxygen atoms in total. The molecule has 1 aliphatic heterocycles. The van der Waals surface area contributed by atoms with Gasteiger partial charge in [-0.15, -0.1) is 24.0 Å². The summed E-state index contributed by atoms with van der Waals surface area (Å²) in [4.78, 5) is 4.73. The van der Waals surface area contributed by atoms with Crippen molar-refractivity contribution in [2.24, 2.45) is 10.4 Å². The average molecular weight is 518 g/mol. The summed E-state index contributed by atoms with van der Waals surface area (Å²) in [6, 6.07) is 0. The van der Waals surface area contributed by atoms with Crippen LogP contribution in [0.5, 0.6) is 0 Å². The summed E-state index contributed by atoms with van der Waals surface area (Å²) in [6.45, 7) is 11.5. The lowest BCUT2D eigenvalue weighted by Crippen LogP contribution is -2.53. The molecule has 1 fully saturated rings. The highest BCUT2D eigenvalue weighted by Crippen LogP contribution is 2.28. The lowest BCUT2D eigenvalue weighted by atomic mass is 9.87.